The van der Waals surface area contributed by atoms with Gasteiger partial charge in [0, 0.05) is 32.7 Å². The van der Waals surface area contributed by atoms with Gasteiger partial charge in [-0.15, -0.1) is 0 Å². The van der Waals surface area contributed by atoms with Crippen LogP contribution in [0.1, 0.15) is 25.3 Å². The van der Waals surface area contributed by atoms with Crippen molar-refractivity contribution in [3.8, 4) is 0 Å². The van der Waals surface area contributed by atoms with E-state index in [-0.39, 0.29) is 11.7 Å². The molecule has 118 valence electrons. The Labute approximate surface area is 125 Å². The summed E-state index contributed by atoms with van der Waals surface area (Å²) in [6, 6.07) is 3.05. The van der Waals surface area contributed by atoms with Crippen molar-refractivity contribution >= 4 is 5.69 Å². The average molecular weight is 297 g/mol. The molecule has 1 aliphatic rings. The summed E-state index contributed by atoms with van der Waals surface area (Å²) in [5, 5.41) is 2.91. The van der Waals surface area contributed by atoms with Gasteiger partial charge in [0.2, 0.25) is 0 Å². The highest BCUT2D eigenvalue weighted by atomic mass is 19.1. The molecule has 2 rings (SSSR count). The number of piperidine rings is 1. The average Bonchev–Trinajstić information content (AvgIpc) is 2.47. The third kappa shape index (κ3) is 3.71. The second-order valence-corrected chi connectivity index (χ2v) is 5.71. The Kier molecular flexibility index (Phi) is 5.53. The Balaban J connectivity index is 2.14. The van der Waals surface area contributed by atoms with Crippen LogP contribution in [0.15, 0.2) is 12.1 Å². The minimum Gasteiger partial charge on any atom is -0.367 e. The highest BCUT2D eigenvalue weighted by molar-refractivity contribution is 5.51. The summed E-state index contributed by atoms with van der Waals surface area (Å²) < 4.78 is 28.5. The summed E-state index contributed by atoms with van der Waals surface area (Å²) in [6.07, 6.45) is 1.89. The molecule has 1 fully saturated rings. The van der Waals surface area contributed by atoms with E-state index in [1.165, 1.54) is 12.1 Å². The number of nitrogens with zero attached hydrogens (tertiary/aromatic N) is 2. The summed E-state index contributed by atoms with van der Waals surface area (Å²) >= 11 is 0. The number of nitrogens with one attached hydrogen (secondary N) is 1. The third-order valence-corrected chi connectivity index (χ3v) is 4.36. The van der Waals surface area contributed by atoms with E-state index in [4.69, 9.17) is 0 Å². The van der Waals surface area contributed by atoms with E-state index in [2.05, 4.69) is 17.1 Å². The van der Waals surface area contributed by atoms with Gasteiger partial charge < -0.3 is 15.1 Å². The zero-order valence-corrected chi connectivity index (χ0v) is 13.1. The number of hydrogen-bond donors (Lipinski definition) is 1. The SMILES string of the molecule is CCN1CCC(N(C)c2c(F)cc(CNC)cc2F)CC1. The quantitative estimate of drug-likeness (QED) is 0.901. The first-order valence-corrected chi connectivity index (χ1v) is 7.64. The fraction of sp³-hybridized carbons (Fsp3) is 0.625. The summed E-state index contributed by atoms with van der Waals surface area (Å²) in [4.78, 5) is 4.15. The molecule has 3 nitrogen and oxygen atoms in total. The summed E-state index contributed by atoms with van der Waals surface area (Å²) in [5.41, 5.74) is 0.732. The summed E-state index contributed by atoms with van der Waals surface area (Å²) in [6.45, 7) is 5.63. The van der Waals surface area contributed by atoms with Crippen LogP contribution in [0.2, 0.25) is 0 Å². The maximum absolute atomic E-state index is 14.3. The van der Waals surface area contributed by atoms with E-state index in [1.807, 2.05) is 0 Å². The van der Waals surface area contributed by atoms with Gasteiger partial charge in [-0.2, -0.15) is 0 Å². The van der Waals surface area contributed by atoms with Gasteiger partial charge in [0.15, 0.2) is 0 Å². The molecule has 21 heavy (non-hydrogen) atoms. The molecule has 0 spiro atoms. The van der Waals surface area contributed by atoms with Gasteiger partial charge in [0.25, 0.3) is 0 Å². The maximum atomic E-state index is 14.3. The smallest absolute Gasteiger partial charge is 0.149 e. The van der Waals surface area contributed by atoms with Crippen LogP contribution >= 0.6 is 0 Å². The summed E-state index contributed by atoms with van der Waals surface area (Å²) in [5.74, 6) is -0.943. The predicted octanol–water partition coefficient (Wildman–Crippen LogP) is 2.60. The van der Waals surface area contributed by atoms with Gasteiger partial charge in [-0.25, -0.2) is 8.78 Å². The lowest BCUT2D eigenvalue weighted by molar-refractivity contribution is 0.220. The molecule has 0 aromatic heterocycles. The lowest BCUT2D eigenvalue weighted by Gasteiger charge is -2.37. The Morgan fingerprint density at radius 1 is 1.24 bits per heavy atom. The highest BCUT2D eigenvalue weighted by Crippen LogP contribution is 2.28. The predicted molar refractivity (Wildman–Crippen MR) is 82.7 cm³/mol. The molecule has 0 bridgehead atoms. The van der Waals surface area contributed by atoms with Crippen molar-refractivity contribution in [1.29, 1.82) is 0 Å². The summed E-state index contributed by atoms with van der Waals surface area (Å²) in [7, 11) is 3.56. The zero-order valence-electron chi connectivity index (χ0n) is 13.1. The molecule has 1 aromatic carbocycles. The number of likely N-dealkylation sites (tertiary alicyclic amines) is 1. The van der Waals surface area contributed by atoms with E-state index in [0.29, 0.717) is 12.1 Å². The van der Waals surface area contributed by atoms with Crippen LogP contribution in [0, 0.1) is 11.6 Å². The molecule has 1 aromatic rings. The Hall–Kier alpha value is -1.20. The van der Waals surface area contributed by atoms with E-state index >= 15 is 0 Å². The molecule has 1 saturated heterocycles. The Bertz CT molecular complexity index is 448. The topological polar surface area (TPSA) is 18.5 Å². The van der Waals surface area contributed by atoms with Crippen LogP contribution in [-0.4, -0.2) is 44.7 Å². The number of benzene rings is 1. The number of hydrogen-bond acceptors (Lipinski definition) is 3. The largest absolute Gasteiger partial charge is 0.367 e. The standard InChI is InChI=1S/C16H25F2N3/c1-4-21-7-5-13(6-8-21)20(3)16-14(17)9-12(11-19-2)10-15(16)18/h9-10,13,19H,4-8,11H2,1-3H3. The van der Waals surface area contributed by atoms with Crippen LogP contribution in [0.5, 0.6) is 0 Å². The van der Waals surface area contributed by atoms with Gasteiger partial charge >= 0.3 is 0 Å². The van der Waals surface area contributed by atoms with Crippen LogP contribution in [-0.2, 0) is 6.54 Å². The van der Waals surface area contributed by atoms with E-state index in [9.17, 15) is 8.78 Å². The number of anilines is 1. The van der Waals surface area contributed by atoms with Gasteiger partial charge in [-0.05, 0) is 44.1 Å². The van der Waals surface area contributed by atoms with Crippen molar-refractivity contribution < 1.29 is 8.78 Å². The first kappa shape index (κ1) is 16.2. The van der Waals surface area contributed by atoms with Crippen molar-refractivity contribution in [3.05, 3.63) is 29.3 Å². The number of halogens is 2. The van der Waals surface area contributed by atoms with Crippen molar-refractivity contribution in [2.24, 2.45) is 0 Å². The highest BCUT2D eigenvalue weighted by Gasteiger charge is 2.25. The Morgan fingerprint density at radius 3 is 2.29 bits per heavy atom. The monoisotopic (exact) mass is 297 g/mol. The molecular weight excluding hydrogens is 272 g/mol. The molecule has 1 aliphatic heterocycles. The van der Waals surface area contributed by atoms with Crippen molar-refractivity contribution in [3.63, 3.8) is 0 Å². The fourth-order valence-electron chi connectivity index (χ4n) is 3.07. The fourth-order valence-corrected chi connectivity index (χ4v) is 3.07. The molecule has 1 heterocycles. The van der Waals surface area contributed by atoms with Gasteiger partial charge in [-0.3, -0.25) is 0 Å². The molecule has 0 amide bonds. The second-order valence-electron chi connectivity index (χ2n) is 5.71. The van der Waals surface area contributed by atoms with E-state index in [0.717, 1.165) is 32.5 Å². The van der Waals surface area contributed by atoms with Gasteiger partial charge in [-0.1, -0.05) is 6.92 Å². The minimum atomic E-state index is -0.472. The van der Waals surface area contributed by atoms with Crippen molar-refractivity contribution in [1.82, 2.24) is 10.2 Å². The molecule has 0 aliphatic carbocycles. The lowest BCUT2D eigenvalue weighted by atomic mass is 10.0. The number of rotatable bonds is 5. The molecule has 0 saturated carbocycles. The van der Waals surface area contributed by atoms with E-state index in [1.54, 1.807) is 19.0 Å². The van der Waals surface area contributed by atoms with Gasteiger partial charge in [0.1, 0.15) is 17.3 Å². The Morgan fingerprint density at radius 2 is 1.81 bits per heavy atom. The molecule has 5 heteroatoms. The molecule has 0 unspecified atom stereocenters. The third-order valence-electron chi connectivity index (χ3n) is 4.36. The first-order valence-electron chi connectivity index (χ1n) is 7.64. The van der Waals surface area contributed by atoms with Gasteiger partial charge in [0.05, 0.1) is 0 Å². The van der Waals surface area contributed by atoms with Crippen LogP contribution in [0.4, 0.5) is 14.5 Å². The zero-order chi connectivity index (χ0) is 15.4. The van der Waals surface area contributed by atoms with Crippen LogP contribution in [0.3, 0.4) is 0 Å². The molecular formula is C16H25F2N3. The normalized spacial score (nSPS) is 17.2. The van der Waals surface area contributed by atoms with Crippen LogP contribution < -0.4 is 10.2 Å². The van der Waals surface area contributed by atoms with Crippen molar-refractivity contribution in [2.45, 2.75) is 32.4 Å². The maximum Gasteiger partial charge on any atom is 0.149 e. The molecule has 0 radical (unpaired) electrons. The first-order chi connectivity index (χ1) is 10.1. The molecule has 0 atom stereocenters. The lowest BCUT2D eigenvalue weighted by Crippen LogP contribution is -2.43. The van der Waals surface area contributed by atoms with Crippen molar-refractivity contribution in [2.75, 3.05) is 38.6 Å². The minimum absolute atomic E-state index is 0.102. The van der Waals surface area contributed by atoms with Crippen LogP contribution in [0.25, 0.3) is 0 Å². The van der Waals surface area contributed by atoms with E-state index < -0.39 is 11.6 Å². The molecule has 1 N–H and O–H groups in total. The second kappa shape index (κ2) is 7.18.